The molecule has 1 aliphatic rings. The quantitative estimate of drug-likeness (QED) is 0.218. The molecule has 5 aromatic rings. The zero-order valence-corrected chi connectivity index (χ0v) is 24.0. The van der Waals surface area contributed by atoms with Crippen molar-refractivity contribution in [1.29, 1.82) is 0 Å². The zero-order chi connectivity index (χ0) is 28.2. The van der Waals surface area contributed by atoms with Crippen molar-refractivity contribution < 1.29 is 9.84 Å². The van der Waals surface area contributed by atoms with Crippen molar-refractivity contribution in [3.05, 3.63) is 114 Å². The number of rotatable bonds is 8. The molecule has 6 heteroatoms. The van der Waals surface area contributed by atoms with Crippen molar-refractivity contribution in [1.82, 2.24) is 9.88 Å². The molecule has 1 aliphatic heterocycles. The molecule has 1 unspecified atom stereocenters. The van der Waals surface area contributed by atoms with Crippen molar-refractivity contribution in [3.63, 3.8) is 0 Å². The Bertz CT molecular complexity index is 1620. The fourth-order valence-corrected chi connectivity index (χ4v) is 5.71. The number of β-amino-alcohol motifs (C(OH)–C–C–N with tert-alkyl or cyclic N) is 1. The van der Waals surface area contributed by atoms with E-state index in [-0.39, 0.29) is 6.61 Å². The van der Waals surface area contributed by atoms with Crippen LogP contribution >= 0.6 is 11.6 Å². The van der Waals surface area contributed by atoms with Crippen LogP contribution in [0, 0.1) is 6.92 Å². The number of aromatic nitrogens is 1. The van der Waals surface area contributed by atoms with Gasteiger partial charge in [0.25, 0.3) is 0 Å². The Balaban J connectivity index is 1.06. The number of ether oxygens (including phenoxy) is 1. The summed E-state index contributed by atoms with van der Waals surface area (Å²) in [5, 5.41) is 12.6. The summed E-state index contributed by atoms with van der Waals surface area (Å²) in [6, 6.07) is 34.8. The summed E-state index contributed by atoms with van der Waals surface area (Å²) in [6.45, 7) is 6.55. The van der Waals surface area contributed by atoms with E-state index in [4.69, 9.17) is 21.3 Å². The SMILES string of the molecule is Cc1ccc(Cl)cc1N1CCN(CC(O)COc2ccc(-c3cc(-c4ccccc4)c4ccccc4n3)cc2)CC1. The number of hydrogen-bond donors (Lipinski definition) is 1. The Labute approximate surface area is 246 Å². The van der Waals surface area contributed by atoms with Gasteiger partial charge in [-0.15, -0.1) is 0 Å². The molecule has 1 N–H and O–H groups in total. The molecule has 0 saturated carbocycles. The van der Waals surface area contributed by atoms with Gasteiger partial charge in [-0.3, -0.25) is 4.90 Å². The zero-order valence-electron chi connectivity index (χ0n) is 23.2. The number of aliphatic hydroxyl groups is 1. The summed E-state index contributed by atoms with van der Waals surface area (Å²) in [7, 11) is 0. The molecular formula is C35H34ClN3O2. The number of halogens is 1. The third kappa shape index (κ3) is 6.38. The maximum atomic E-state index is 10.7. The molecule has 208 valence electrons. The molecule has 2 heterocycles. The number of nitrogens with zero attached hydrogens (tertiary/aromatic N) is 3. The van der Waals surface area contributed by atoms with Gasteiger partial charge in [-0.2, -0.15) is 0 Å². The van der Waals surface area contributed by atoms with Crippen LogP contribution in [0.15, 0.2) is 103 Å². The lowest BCUT2D eigenvalue weighted by atomic mass is 9.98. The predicted molar refractivity (Wildman–Crippen MR) is 169 cm³/mol. The highest BCUT2D eigenvalue weighted by Gasteiger charge is 2.21. The van der Waals surface area contributed by atoms with Crippen LogP contribution in [0.3, 0.4) is 0 Å². The van der Waals surface area contributed by atoms with Gasteiger partial charge in [0.05, 0.1) is 11.2 Å². The van der Waals surface area contributed by atoms with Gasteiger partial charge in [0.2, 0.25) is 0 Å². The summed E-state index contributed by atoms with van der Waals surface area (Å²) < 4.78 is 5.96. The second-order valence-corrected chi connectivity index (χ2v) is 11.1. The van der Waals surface area contributed by atoms with Crippen molar-refractivity contribution in [3.8, 4) is 28.1 Å². The third-order valence-electron chi connectivity index (χ3n) is 7.75. The van der Waals surface area contributed by atoms with Crippen LogP contribution < -0.4 is 9.64 Å². The standard InChI is InChI=1S/C35H34ClN3O2/c1-25-11-14-28(36)21-35(25)39-19-17-38(18-20-39)23-29(40)24-41-30-15-12-27(13-16-30)34-22-32(26-7-3-2-4-8-26)31-9-5-6-10-33(31)37-34/h2-16,21-22,29,40H,17-20,23-24H2,1H3. The number of fused-ring (bicyclic) bond motifs is 1. The maximum Gasteiger partial charge on any atom is 0.119 e. The van der Waals surface area contributed by atoms with Gasteiger partial charge in [-0.25, -0.2) is 4.98 Å². The molecule has 6 rings (SSSR count). The van der Waals surface area contributed by atoms with Gasteiger partial charge in [0, 0.05) is 54.4 Å². The monoisotopic (exact) mass is 563 g/mol. The Morgan fingerprint density at radius 2 is 1.56 bits per heavy atom. The molecule has 1 atom stereocenters. The fourth-order valence-electron chi connectivity index (χ4n) is 5.54. The van der Waals surface area contributed by atoms with Crippen LogP contribution in [0.2, 0.25) is 5.02 Å². The molecule has 1 fully saturated rings. The second-order valence-electron chi connectivity index (χ2n) is 10.6. The minimum atomic E-state index is -0.565. The van der Waals surface area contributed by atoms with Crippen LogP contribution in [0.4, 0.5) is 5.69 Å². The lowest BCUT2D eigenvalue weighted by molar-refractivity contribution is 0.0663. The first-order valence-electron chi connectivity index (χ1n) is 14.1. The van der Waals surface area contributed by atoms with E-state index in [1.165, 1.54) is 16.8 Å². The lowest BCUT2D eigenvalue weighted by Crippen LogP contribution is -2.49. The molecule has 1 aromatic heterocycles. The van der Waals surface area contributed by atoms with Crippen LogP contribution in [-0.2, 0) is 0 Å². The van der Waals surface area contributed by atoms with E-state index in [0.717, 1.165) is 64.7 Å². The molecule has 0 radical (unpaired) electrons. The number of aliphatic hydroxyl groups excluding tert-OH is 1. The number of piperazine rings is 1. The number of anilines is 1. The highest BCUT2D eigenvalue weighted by atomic mass is 35.5. The smallest absolute Gasteiger partial charge is 0.119 e. The normalized spacial score (nSPS) is 14.8. The number of hydrogen-bond acceptors (Lipinski definition) is 5. The fraction of sp³-hybridized carbons (Fsp3) is 0.229. The molecule has 4 aromatic carbocycles. The Hall–Kier alpha value is -3.90. The number of benzene rings is 4. The van der Waals surface area contributed by atoms with Crippen LogP contribution in [0.1, 0.15) is 5.56 Å². The Morgan fingerprint density at radius 3 is 2.34 bits per heavy atom. The second kappa shape index (κ2) is 12.3. The van der Waals surface area contributed by atoms with E-state index in [2.05, 4.69) is 71.3 Å². The Morgan fingerprint density at radius 1 is 0.829 bits per heavy atom. The topological polar surface area (TPSA) is 48.8 Å². The van der Waals surface area contributed by atoms with E-state index in [1.807, 2.05) is 48.5 Å². The highest BCUT2D eigenvalue weighted by Crippen LogP contribution is 2.32. The molecule has 1 saturated heterocycles. The first kappa shape index (κ1) is 27.3. The van der Waals surface area contributed by atoms with Crippen molar-refractivity contribution in [2.75, 3.05) is 44.2 Å². The van der Waals surface area contributed by atoms with Gasteiger partial charge in [-0.05, 0) is 72.1 Å². The summed E-state index contributed by atoms with van der Waals surface area (Å²) in [5.41, 5.74) is 7.67. The summed E-state index contributed by atoms with van der Waals surface area (Å²) in [4.78, 5) is 9.60. The average molecular weight is 564 g/mol. The molecule has 0 aliphatic carbocycles. The van der Waals surface area contributed by atoms with Gasteiger partial charge < -0.3 is 14.7 Å². The number of para-hydroxylation sites is 1. The maximum absolute atomic E-state index is 10.7. The van der Waals surface area contributed by atoms with E-state index in [0.29, 0.717) is 6.54 Å². The van der Waals surface area contributed by atoms with Gasteiger partial charge in [0.1, 0.15) is 18.5 Å². The van der Waals surface area contributed by atoms with Gasteiger partial charge in [0.15, 0.2) is 0 Å². The average Bonchev–Trinajstić information content (AvgIpc) is 3.02. The molecule has 5 nitrogen and oxygen atoms in total. The summed E-state index contributed by atoms with van der Waals surface area (Å²) in [6.07, 6.45) is -0.565. The Kier molecular flexibility index (Phi) is 8.19. The minimum Gasteiger partial charge on any atom is -0.491 e. The molecule has 0 spiro atoms. The number of aryl methyl sites for hydroxylation is 1. The largest absolute Gasteiger partial charge is 0.491 e. The molecule has 0 amide bonds. The van der Waals surface area contributed by atoms with Crippen LogP contribution in [0.5, 0.6) is 5.75 Å². The van der Waals surface area contributed by atoms with Gasteiger partial charge in [-0.1, -0.05) is 66.2 Å². The van der Waals surface area contributed by atoms with Crippen LogP contribution in [0.25, 0.3) is 33.3 Å². The third-order valence-corrected chi connectivity index (χ3v) is 7.98. The first-order chi connectivity index (χ1) is 20.0. The first-order valence-corrected chi connectivity index (χ1v) is 14.5. The summed E-state index contributed by atoms with van der Waals surface area (Å²) in [5.74, 6) is 0.734. The predicted octanol–water partition coefficient (Wildman–Crippen LogP) is 7.09. The van der Waals surface area contributed by atoms with E-state index in [1.54, 1.807) is 0 Å². The lowest BCUT2D eigenvalue weighted by Gasteiger charge is -2.37. The highest BCUT2D eigenvalue weighted by molar-refractivity contribution is 6.30. The van der Waals surface area contributed by atoms with Crippen LogP contribution in [-0.4, -0.2) is 60.4 Å². The van der Waals surface area contributed by atoms with Crippen molar-refractivity contribution >= 4 is 28.2 Å². The molecular weight excluding hydrogens is 530 g/mol. The van der Waals surface area contributed by atoms with Gasteiger partial charge >= 0.3 is 0 Å². The van der Waals surface area contributed by atoms with Crippen molar-refractivity contribution in [2.45, 2.75) is 13.0 Å². The van der Waals surface area contributed by atoms with E-state index >= 15 is 0 Å². The molecule has 41 heavy (non-hydrogen) atoms. The van der Waals surface area contributed by atoms with Crippen molar-refractivity contribution in [2.24, 2.45) is 0 Å². The van der Waals surface area contributed by atoms with E-state index < -0.39 is 6.10 Å². The minimum absolute atomic E-state index is 0.249. The number of pyridine rings is 1. The summed E-state index contributed by atoms with van der Waals surface area (Å²) >= 11 is 6.22. The van der Waals surface area contributed by atoms with E-state index in [9.17, 15) is 5.11 Å². The molecule has 0 bridgehead atoms.